The maximum absolute atomic E-state index is 10.8. The van der Waals surface area contributed by atoms with Crippen LogP contribution in [0.2, 0.25) is 0 Å². The molecule has 0 saturated heterocycles. The Balaban J connectivity index is 2.48. The Morgan fingerprint density at radius 3 is 2.62 bits per heavy atom. The van der Waals surface area contributed by atoms with E-state index in [-0.39, 0.29) is 12.0 Å². The van der Waals surface area contributed by atoms with Crippen molar-refractivity contribution in [2.45, 2.75) is 45.1 Å². The molecule has 0 heterocycles. The van der Waals surface area contributed by atoms with Gasteiger partial charge in [-0.1, -0.05) is 13.3 Å². The molecule has 1 fully saturated rings. The molecule has 0 radical (unpaired) electrons. The molecular weight excluding hydrogens is 168 g/mol. The Morgan fingerprint density at radius 2 is 2.00 bits per heavy atom. The van der Waals surface area contributed by atoms with Crippen LogP contribution in [0.3, 0.4) is 0 Å². The van der Waals surface area contributed by atoms with E-state index in [1.54, 1.807) is 0 Å². The van der Waals surface area contributed by atoms with Gasteiger partial charge in [-0.05, 0) is 31.6 Å². The Morgan fingerprint density at radius 1 is 1.31 bits per heavy atom. The summed E-state index contributed by atoms with van der Waals surface area (Å²) in [5.74, 6) is -0.540. The Hall–Kier alpha value is -0.570. The van der Waals surface area contributed by atoms with Gasteiger partial charge >= 0.3 is 5.97 Å². The number of rotatable bonds is 1. The maximum atomic E-state index is 10.8. The van der Waals surface area contributed by atoms with Crippen LogP contribution in [0.25, 0.3) is 0 Å². The van der Waals surface area contributed by atoms with Gasteiger partial charge in [-0.2, -0.15) is 0 Å². The summed E-state index contributed by atoms with van der Waals surface area (Å²) in [5, 5.41) is 18.3. The lowest BCUT2D eigenvalue weighted by Gasteiger charge is -2.23. The van der Waals surface area contributed by atoms with Gasteiger partial charge in [0.25, 0.3) is 0 Å². The first-order valence-corrected chi connectivity index (χ1v) is 5.00. The van der Waals surface area contributed by atoms with Crippen molar-refractivity contribution >= 4 is 5.97 Å². The summed E-state index contributed by atoms with van der Waals surface area (Å²) in [7, 11) is 0. The number of carboxylic acids is 1. The average Bonchev–Trinajstić information content (AvgIpc) is 1.98. The van der Waals surface area contributed by atoms with Gasteiger partial charge in [0, 0.05) is 0 Å². The third-order valence-corrected chi connectivity index (χ3v) is 2.80. The quantitative estimate of drug-likeness (QED) is 0.654. The van der Waals surface area contributed by atoms with Gasteiger partial charge < -0.3 is 10.2 Å². The molecule has 0 aromatic carbocycles. The fraction of sp³-hybridized carbons (Fsp3) is 0.900. The number of hydrogen-bond acceptors (Lipinski definition) is 2. The number of carboxylic acid groups (broad SMARTS) is 1. The highest BCUT2D eigenvalue weighted by atomic mass is 16.4. The monoisotopic (exact) mass is 186 g/mol. The summed E-state index contributed by atoms with van der Waals surface area (Å²) in [4.78, 5) is 10.8. The minimum absolute atomic E-state index is 0.192. The molecule has 3 heteroatoms. The number of hydrogen-bond donors (Lipinski definition) is 2. The zero-order valence-electron chi connectivity index (χ0n) is 8.07. The molecule has 1 rings (SSSR count). The second kappa shape index (κ2) is 4.61. The molecule has 2 N–H and O–H groups in total. The van der Waals surface area contributed by atoms with Crippen molar-refractivity contribution in [1.29, 1.82) is 0 Å². The molecule has 0 amide bonds. The summed E-state index contributed by atoms with van der Waals surface area (Å²) >= 11 is 0. The molecule has 0 aromatic heterocycles. The molecule has 76 valence electrons. The van der Waals surface area contributed by atoms with Crippen LogP contribution in [-0.4, -0.2) is 22.3 Å². The van der Waals surface area contributed by atoms with Crippen molar-refractivity contribution < 1.29 is 15.0 Å². The van der Waals surface area contributed by atoms with Crippen LogP contribution in [0.5, 0.6) is 0 Å². The summed E-state index contributed by atoms with van der Waals surface area (Å²) in [6.45, 7) is 2.02. The van der Waals surface area contributed by atoms with Gasteiger partial charge in [0.2, 0.25) is 0 Å². The SMILES string of the molecule is CC1CC(O)CCCC(C(=O)O)C1. The zero-order chi connectivity index (χ0) is 9.84. The van der Waals surface area contributed by atoms with Crippen molar-refractivity contribution in [2.75, 3.05) is 0 Å². The minimum Gasteiger partial charge on any atom is -0.481 e. The van der Waals surface area contributed by atoms with Gasteiger partial charge in [-0.3, -0.25) is 4.79 Å². The molecule has 0 bridgehead atoms. The minimum atomic E-state index is -0.678. The molecule has 1 aliphatic rings. The highest BCUT2D eigenvalue weighted by molar-refractivity contribution is 5.69. The normalized spacial score (nSPS) is 36.3. The predicted molar refractivity (Wildman–Crippen MR) is 49.4 cm³/mol. The molecule has 3 unspecified atom stereocenters. The summed E-state index contributed by atoms with van der Waals surface area (Å²) < 4.78 is 0. The van der Waals surface area contributed by atoms with Gasteiger partial charge in [-0.15, -0.1) is 0 Å². The Kier molecular flexibility index (Phi) is 3.72. The molecule has 1 saturated carbocycles. The van der Waals surface area contributed by atoms with Crippen molar-refractivity contribution in [3.8, 4) is 0 Å². The van der Waals surface area contributed by atoms with Crippen molar-refractivity contribution in [3.63, 3.8) is 0 Å². The van der Waals surface area contributed by atoms with Crippen LogP contribution >= 0.6 is 0 Å². The predicted octanol–water partition coefficient (Wildman–Crippen LogP) is 1.65. The fourth-order valence-electron chi connectivity index (χ4n) is 2.11. The molecule has 13 heavy (non-hydrogen) atoms. The summed E-state index contributed by atoms with van der Waals surface area (Å²) in [6.07, 6.45) is 3.57. The van der Waals surface area contributed by atoms with E-state index in [0.29, 0.717) is 12.3 Å². The van der Waals surface area contributed by atoms with E-state index in [4.69, 9.17) is 5.11 Å². The molecular formula is C10H18O3. The summed E-state index contributed by atoms with van der Waals surface area (Å²) in [6, 6.07) is 0. The number of aliphatic carboxylic acids is 1. The van der Waals surface area contributed by atoms with E-state index in [1.807, 2.05) is 6.92 Å². The van der Waals surface area contributed by atoms with Gasteiger partial charge in [0.1, 0.15) is 0 Å². The third-order valence-electron chi connectivity index (χ3n) is 2.80. The van der Waals surface area contributed by atoms with Crippen LogP contribution in [0.4, 0.5) is 0 Å². The van der Waals surface area contributed by atoms with E-state index in [9.17, 15) is 9.90 Å². The van der Waals surface area contributed by atoms with Crippen molar-refractivity contribution in [2.24, 2.45) is 11.8 Å². The number of aliphatic hydroxyl groups excluding tert-OH is 1. The van der Waals surface area contributed by atoms with Crippen molar-refractivity contribution in [3.05, 3.63) is 0 Å². The van der Waals surface area contributed by atoms with Gasteiger partial charge in [0.15, 0.2) is 0 Å². The molecule has 1 aliphatic carbocycles. The second-order valence-corrected chi connectivity index (χ2v) is 4.20. The largest absolute Gasteiger partial charge is 0.481 e. The van der Waals surface area contributed by atoms with E-state index < -0.39 is 5.97 Å². The zero-order valence-corrected chi connectivity index (χ0v) is 8.07. The third kappa shape index (κ3) is 3.35. The fourth-order valence-corrected chi connectivity index (χ4v) is 2.11. The number of carbonyl (C=O) groups is 1. The second-order valence-electron chi connectivity index (χ2n) is 4.20. The van der Waals surface area contributed by atoms with Crippen LogP contribution in [0, 0.1) is 11.8 Å². The number of aliphatic hydroxyl groups is 1. The highest BCUT2D eigenvalue weighted by Gasteiger charge is 2.24. The lowest BCUT2D eigenvalue weighted by Crippen LogP contribution is -2.23. The molecule has 0 spiro atoms. The lowest BCUT2D eigenvalue weighted by molar-refractivity contribution is -0.143. The first-order valence-electron chi connectivity index (χ1n) is 5.00. The van der Waals surface area contributed by atoms with Crippen LogP contribution in [0.15, 0.2) is 0 Å². The molecule has 0 aromatic rings. The average molecular weight is 186 g/mol. The smallest absolute Gasteiger partial charge is 0.306 e. The Bertz CT molecular complexity index is 179. The maximum Gasteiger partial charge on any atom is 0.306 e. The highest BCUT2D eigenvalue weighted by Crippen LogP contribution is 2.26. The van der Waals surface area contributed by atoms with E-state index >= 15 is 0 Å². The van der Waals surface area contributed by atoms with E-state index in [1.165, 1.54) is 0 Å². The standard InChI is InChI=1S/C10H18O3/c1-7-5-8(10(12)13)3-2-4-9(11)6-7/h7-9,11H,2-6H2,1H3,(H,12,13). The Labute approximate surface area is 78.8 Å². The molecule has 3 atom stereocenters. The molecule has 3 nitrogen and oxygen atoms in total. The van der Waals surface area contributed by atoms with Crippen LogP contribution in [-0.2, 0) is 4.79 Å². The molecule has 0 aliphatic heterocycles. The van der Waals surface area contributed by atoms with E-state index in [0.717, 1.165) is 25.7 Å². The summed E-state index contributed by atoms with van der Waals surface area (Å²) in [5.41, 5.74) is 0. The first kappa shape index (κ1) is 10.5. The first-order chi connectivity index (χ1) is 6.09. The van der Waals surface area contributed by atoms with E-state index in [2.05, 4.69) is 0 Å². The van der Waals surface area contributed by atoms with Gasteiger partial charge in [-0.25, -0.2) is 0 Å². The van der Waals surface area contributed by atoms with Crippen LogP contribution in [0.1, 0.15) is 39.0 Å². The topological polar surface area (TPSA) is 57.5 Å². The van der Waals surface area contributed by atoms with Crippen LogP contribution < -0.4 is 0 Å². The lowest BCUT2D eigenvalue weighted by atomic mass is 9.84. The van der Waals surface area contributed by atoms with Gasteiger partial charge in [0.05, 0.1) is 12.0 Å². The van der Waals surface area contributed by atoms with Crippen molar-refractivity contribution in [1.82, 2.24) is 0 Å².